The molecule has 1 heterocycles. The van der Waals surface area contributed by atoms with Crippen LogP contribution in [-0.4, -0.2) is 46.9 Å². The maximum Gasteiger partial charge on any atom is 0.251 e. The molecule has 6 nitrogen and oxygen atoms in total. The summed E-state index contributed by atoms with van der Waals surface area (Å²) in [6.45, 7) is 2.60. The van der Waals surface area contributed by atoms with Gasteiger partial charge in [0.1, 0.15) is 0 Å². The molecule has 1 N–H and O–H groups in total. The van der Waals surface area contributed by atoms with E-state index in [1.165, 1.54) is 31.9 Å². The Balaban J connectivity index is 1.57. The van der Waals surface area contributed by atoms with Gasteiger partial charge in [0.2, 0.25) is 5.75 Å². The fourth-order valence-corrected chi connectivity index (χ4v) is 3.63. The van der Waals surface area contributed by atoms with Crippen LogP contribution in [0.3, 0.4) is 0 Å². The van der Waals surface area contributed by atoms with Crippen LogP contribution in [0.4, 0.5) is 5.69 Å². The maximum absolute atomic E-state index is 12.6. The van der Waals surface area contributed by atoms with Crippen molar-refractivity contribution in [3.63, 3.8) is 0 Å². The van der Waals surface area contributed by atoms with Gasteiger partial charge in [0.25, 0.3) is 5.91 Å². The van der Waals surface area contributed by atoms with Crippen LogP contribution in [0.1, 0.15) is 28.8 Å². The third kappa shape index (κ3) is 4.32. The summed E-state index contributed by atoms with van der Waals surface area (Å²) in [5, 5.41) is 2.99. The zero-order valence-corrected chi connectivity index (χ0v) is 16.8. The largest absolute Gasteiger partial charge is 0.493 e. The summed E-state index contributed by atoms with van der Waals surface area (Å²) in [5.74, 6) is 1.26. The minimum absolute atomic E-state index is 0.154. The maximum atomic E-state index is 12.6. The molecule has 1 aliphatic rings. The molecule has 0 bridgehead atoms. The molecule has 1 aliphatic heterocycles. The molecule has 0 fully saturated rings. The Morgan fingerprint density at radius 2 is 1.79 bits per heavy atom. The van der Waals surface area contributed by atoms with Gasteiger partial charge in [0.15, 0.2) is 11.5 Å². The van der Waals surface area contributed by atoms with E-state index in [1.54, 1.807) is 19.2 Å². The minimum Gasteiger partial charge on any atom is -0.493 e. The number of methoxy groups -OCH3 is 3. The van der Waals surface area contributed by atoms with Crippen molar-refractivity contribution in [2.75, 3.05) is 45.9 Å². The van der Waals surface area contributed by atoms with Crippen molar-refractivity contribution in [2.45, 2.75) is 19.3 Å². The molecule has 2 aromatic rings. The predicted octanol–water partition coefficient (Wildman–Crippen LogP) is 3.29. The number of anilines is 1. The van der Waals surface area contributed by atoms with E-state index in [2.05, 4.69) is 34.5 Å². The second-order valence-corrected chi connectivity index (χ2v) is 6.74. The summed E-state index contributed by atoms with van der Waals surface area (Å²) in [4.78, 5) is 15.0. The highest BCUT2D eigenvalue weighted by Gasteiger charge is 2.18. The van der Waals surface area contributed by atoms with Gasteiger partial charge in [0.05, 0.1) is 21.3 Å². The quantitative estimate of drug-likeness (QED) is 0.708. The zero-order chi connectivity index (χ0) is 19.9. The molecular formula is C22H28N2O4. The summed E-state index contributed by atoms with van der Waals surface area (Å²) in [5.41, 5.74) is 3.22. The number of rotatable bonds is 8. The molecule has 0 unspecified atom stereocenters. The van der Waals surface area contributed by atoms with E-state index in [1.807, 2.05) is 0 Å². The van der Waals surface area contributed by atoms with Crippen LogP contribution in [0, 0.1) is 0 Å². The first-order valence-corrected chi connectivity index (χ1v) is 9.59. The number of para-hydroxylation sites is 1. The van der Waals surface area contributed by atoms with Crippen molar-refractivity contribution in [2.24, 2.45) is 0 Å². The molecule has 0 saturated heterocycles. The molecule has 0 radical (unpaired) electrons. The van der Waals surface area contributed by atoms with E-state index in [0.717, 1.165) is 25.9 Å². The van der Waals surface area contributed by atoms with Gasteiger partial charge in [-0.05, 0) is 43.0 Å². The molecule has 0 aliphatic carbocycles. The number of benzene rings is 2. The molecule has 2 aromatic carbocycles. The molecule has 3 rings (SSSR count). The Labute approximate surface area is 166 Å². The van der Waals surface area contributed by atoms with Crippen molar-refractivity contribution < 1.29 is 19.0 Å². The molecular weight excluding hydrogens is 356 g/mol. The van der Waals surface area contributed by atoms with Gasteiger partial charge >= 0.3 is 0 Å². The van der Waals surface area contributed by atoms with Crippen LogP contribution >= 0.6 is 0 Å². The average molecular weight is 384 g/mol. The van der Waals surface area contributed by atoms with Crippen molar-refractivity contribution in [1.82, 2.24) is 5.32 Å². The lowest BCUT2D eigenvalue weighted by Crippen LogP contribution is -2.33. The highest BCUT2D eigenvalue weighted by atomic mass is 16.5. The number of hydrogen-bond donors (Lipinski definition) is 1. The third-order valence-electron chi connectivity index (χ3n) is 5.02. The number of carbonyl (C=O) groups excluding carboxylic acids is 1. The smallest absolute Gasteiger partial charge is 0.251 e. The van der Waals surface area contributed by atoms with E-state index in [4.69, 9.17) is 14.2 Å². The molecule has 28 heavy (non-hydrogen) atoms. The number of amides is 1. The molecule has 0 spiro atoms. The number of ether oxygens (including phenoxy) is 3. The van der Waals surface area contributed by atoms with E-state index in [-0.39, 0.29) is 5.91 Å². The fraction of sp³-hybridized carbons (Fsp3) is 0.409. The number of carbonyl (C=O) groups is 1. The van der Waals surface area contributed by atoms with Gasteiger partial charge < -0.3 is 24.4 Å². The number of hydrogen-bond acceptors (Lipinski definition) is 5. The molecule has 0 aromatic heterocycles. The topological polar surface area (TPSA) is 60.0 Å². The van der Waals surface area contributed by atoms with Crippen molar-refractivity contribution in [1.29, 1.82) is 0 Å². The van der Waals surface area contributed by atoms with Gasteiger partial charge in [-0.3, -0.25) is 4.79 Å². The SMILES string of the molecule is COc1cc(C(=O)NCCCN2CCCc3ccccc32)cc(OC)c1OC. The number of fused-ring (bicyclic) bond motifs is 1. The second kappa shape index (κ2) is 9.35. The van der Waals surface area contributed by atoms with Crippen molar-refractivity contribution >= 4 is 11.6 Å². The summed E-state index contributed by atoms with van der Waals surface area (Å²) in [6.07, 6.45) is 3.20. The molecule has 0 saturated carbocycles. The number of aryl methyl sites for hydroxylation is 1. The molecule has 6 heteroatoms. The lowest BCUT2D eigenvalue weighted by atomic mass is 10.0. The molecule has 0 atom stereocenters. The van der Waals surface area contributed by atoms with Crippen LogP contribution < -0.4 is 24.4 Å². The second-order valence-electron chi connectivity index (χ2n) is 6.74. The minimum atomic E-state index is -0.154. The lowest BCUT2D eigenvalue weighted by Gasteiger charge is -2.31. The first-order chi connectivity index (χ1) is 13.7. The Hall–Kier alpha value is -2.89. The molecule has 150 valence electrons. The average Bonchev–Trinajstić information content (AvgIpc) is 2.75. The van der Waals surface area contributed by atoms with Crippen LogP contribution in [0.5, 0.6) is 17.2 Å². The summed E-state index contributed by atoms with van der Waals surface area (Å²) < 4.78 is 15.9. The lowest BCUT2D eigenvalue weighted by molar-refractivity contribution is 0.0952. The van der Waals surface area contributed by atoms with Crippen LogP contribution in [0.25, 0.3) is 0 Å². The van der Waals surface area contributed by atoms with E-state index in [9.17, 15) is 4.79 Å². The van der Waals surface area contributed by atoms with Crippen molar-refractivity contribution in [3.8, 4) is 17.2 Å². The van der Waals surface area contributed by atoms with Gasteiger partial charge in [-0.1, -0.05) is 18.2 Å². The Morgan fingerprint density at radius 1 is 1.07 bits per heavy atom. The number of nitrogens with one attached hydrogen (secondary N) is 1. The van der Waals surface area contributed by atoms with Gasteiger partial charge in [-0.15, -0.1) is 0 Å². The standard InChI is InChI=1S/C22H28N2O4/c1-26-19-14-17(15-20(27-2)21(19)28-3)22(25)23-11-7-13-24-12-6-9-16-8-4-5-10-18(16)24/h4-5,8,10,14-15H,6-7,9,11-13H2,1-3H3,(H,23,25). The summed E-state index contributed by atoms with van der Waals surface area (Å²) >= 11 is 0. The van der Waals surface area contributed by atoms with Gasteiger partial charge in [-0.2, -0.15) is 0 Å². The van der Waals surface area contributed by atoms with E-state index in [0.29, 0.717) is 29.4 Å². The van der Waals surface area contributed by atoms with Crippen molar-refractivity contribution in [3.05, 3.63) is 47.5 Å². The Bertz CT molecular complexity index is 797. The van der Waals surface area contributed by atoms with E-state index < -0.39 is 0 Å². The Kier molecular flexibility index (Phi) is 6.63. The zero-order valence-electron chi connectivity index (χ0n) is 16.8. The van der Waals surface area contributed by atoms with Crippen LogP contribution in [-0.2, 0) is 6.42 Å². The fourth-order valence-electron chi connectivity index (χ4n) is 3.63. The highest BCUT2D eigenvalue weighted by Crippen LogP contribution is 2.38. The first-order valence-electron chi connectivity index (χ1n) is 9.59. The van der Waals surface area contributed by atoms with Gasteiger partial charge in [0, 0.05) is 30.9 Å². The van der Waals surface area contributed by atoms with Crippen LogP contribution in [0.2, 0.25) is 0 Å². The first kappa shape index (κ1) is 19.9. The van der Waals surface area contributed by atoms with Crippen LogP contribution in [0.15, 0.2) is 36.4 Å². The third-order valence-corrected chi connectivity index (χ3v) is 5.02. The summed E-state index contributed by atoms with van der Waals surface area (Å²) in [6, 6.07) is 11.9. The molecule has 1 amide bonds. The number of nitrogens with zero attached hydrogens (tertiary/aromatic N) is 1. The monoisotopic (exact) mass is 384 g/mol. The Morgan fingerprint density at radius 3 is 2.46 bits per heavy atom. The normalized spacial score (nSPS) is 12.9. The van der Waals surface area contributed by atoms with Gasteiger partial charge in [-0.25, -0.2) is 0 Å². The summed E-state index contributed by atoms with van der Waals surface area (Å²) in [7, 11) is 4.61. The predicted molar refractivity (Wildman–Crippen MR) is 110 cm³/mol. The highest BCUT2D eigenvalue weighted by molar-refractivity contribution is 5.95. The van der Waals surface area contributed by atoms with E-state index >= 15 is 0 Å².